The Morgan fingerprint density at radius 2 is 1.10 bits per heavy atom. The molecule has 0 saturated carbocycles. The van der Waals surface area contributed by atoms with Crippen LogP contribution in [0.2, 0.25) is 5.02 Å². The molecule has 0 aliphatic rings. The van der Waals surface area contributed by atoms with E-state index >= 15 is 0 Å². The van der Waals surface area contributed by atoms with Crippen LogP contribution in [0.5, 0.6) is 0 Å². The Hall–Kier alpha value is -1.71. The van der Waals surface area contributed by atoms with E-state index in [1.807, 2.05) is 24.3 Å². The van der Waals surface area contributed by atoms with Gasteiger partial charge in [0, 0.05) is 20.6 Å². The van der Waals surface area contributed by atoms with Crippen LogP contribution in [-0.4, -0.2) is 0 Å². The molecule has 0 aliphatic heterocycles. The average Bonchev–Trinajstić information content (AvgIpc) is 2.46. The number of rotatable bonds is 2. The molecule has 98 valence electrons. The molecule has 3 aromatic carbocycles. The highest BCUT2D eigenvalue weighted by molar-refractivity contribution is 9.10. The lowest BCUT2D eigenvalue weighted by Gasteiger charge is -2.11. The van der Waals surface area contributed by atoms with E-state index < -0.39 is 10.9 Å². The first-order chi connectivity index (χ1) is 9.58. The van der Waals surface area contributed by atoms with E-state index in [9.17, 15) is 9.59 Å². The molecule has 0 fully saturated rings. The van der Waals surface area contributed by atoms with Gasteiger partial charge in [-0.05, 0) is 35.4 Å². The first-order valence-corrected chi connectivity index (χ1v) is 7.10. The van der Waals surface area contributed by atoms with Crippen molar-refractivity contribution in [2.45, 2.75) is 0 Å². The predicted molar refractivity (Wildman–Crippen MR) is 84.9 cm³/mol. The molecule has 0 radical (unpaired) electrons. The van der Waals surface area contributed by atoms with Gasteiger partial charge in [-0.3, -0.25) is 9.59 Å². The van der Waals surface area contributed by atoms with Crippen molar-refractivity contribution >= 4 is 27.5 Å². The SMILES string of the molecule is O=c1c(-c2ccc(Cl)cc2)c(-c2ccc(Br)cc2)c1=O. The quantitative estimate of drug-likeness (QED) is 0.656. The van der Waals surface area contributed by atoms with Crippen LogP contribution in [0, 0.1) is 0 Å². The van der Waals surface area contributed by atoms with Crippen LogP contribution in [0.3, 0.4) is 0 Å². The molecule has 0 aromatic heterocycles. The summed E-state index contributed by atoms with van der Waals surface area (Å²) in [6, 6.07) is 14.2. The minimum absolute atomic E-state index is 0.433. The van der Waals surface area contributed by atoms with Crippen LogP contribution >= 0.6 is 27.5 Å². The van der Waals surface area contributed by atoms with Crippen molar-refractivity contribution in [3.8, 4) is 22.3 Å². The second-order valence-corrected chi connectivity index (χ2v) is 5.77. The van der Waals surface area contributed by atoms with Crippen LogP contribution < -0.4 is 10.9 Å². The molecule has 0 atom stereocenters. The van der Waals surface area contributed by atoms with E-state index in [1.165, 1.54) is 0 Å². The van der Waals surface area contributed by atoms with Gasteiger partial charge in [0.2, 0.25) is 10.9 Å². The highest BCUT2D eigenvalue weighted by Crippen LogP contribution is 2.29. The van der Waals surface area contributed by atoms with Crippen LogP contribution in [-0.2, 0) is 0 Å². The molecule has 0 aliphatic carbocycles. The Morgan fingerprint density at radius 1 is 0.700 bits per heavy atom. The molecule has 0 heterocycles. The lowest BCUT2D eigenvalue weighted by molar-refractivity contribution is 1.40. The summed E-state index contributed by atoms with van der Waals surface area (Å²) in [7, 11) is 0. The standard InChI is InChI=1S/C16H8BrClO2/c17-11-5-1-9(2-6-11)13-14(16(20)15(13)19)10-3-7-12(18)8-4-10/h1-8H. The van der Waals surface area contributed by atoms with Crippen molar-refractivity contribution in [3.63, 3.8) is 0 Å². The molecule has 3 aromatic rings. The second-order valence-electron chi connectivity index (χ2n) is 4.42. The molecule has 0 spiro atoms. The highest BCUT2D eigenvalue weighted by atomic mass is 79.9. The molecule has 4 heteroatoms. The van der Waals surface area contributed by atoms with Crippen LogP contribution in [0.25, 0.3) is 22.3 Å². The van der Waals surface area contributed by atoms with Crippen molar-refractivity contribution in [3.05, 3.63) is 78.5 Å². The number of halogens is 2. The third-order valence-corrected chi connectivity index (χ3v) is 3.96. The molecule has 0 saturated heterocycles. The van der Waals surface area contributed by atoms with Gasteiger partial charge in [0.1, 0.15) is 0 Å². The molecule has 20 heavy (non-hydrogen) atoms. The van der Waals surface area contributed by atoms with Gasteiger partial charge in [-0.2, -0.15) is 0 Å². The maximum atomic E-state index is 11.9. The van der Waals surface area contributed by atoms with Gasteiger partial charge < -0.3 is 0 Å². The largest absolute Gasteiger partial charge is 0.285 e. The van der Waals surface area contributed by atoms with E-state index in [0.717, 1.165) is 15.6 Å². The normalized spacial score (nSPS) is 10.9. The van der Waals surface area contributed by atoms with Crippen molar-refractivity contribution < 1.29 is 0 Å². The van der Waals surface area contributed by atoms with Crippen molar-refractivity contribution in [1.29, 1.82) is 0 Å². The Balaban J connectivity index is 2.17. The summed E-state index contributed by atoms with van der Waals surface area (Å²) < 4.78 is 0.924. The third-order valence-electron chi connectivity index (χ3n) is 3.18. The molecule has 0 unspecified atom stereocenters. The molecule has 0 N–H and O–H groups in total. The van der Waals surface area contributed by atoms with E-state index in [-0.39, 0.29) is 0 Å². The van der Waals surface area contributed by atoms with E-state index in [0.29, 0.717) is 16.1 Å². The minimum atomic E-state index is -0.440. The summed E-state index contributed by atoms with van der Waals surface area (Å²) >= 11 is 9.19. The first kappa shape index (κ1) is 13.3. The Labute approximate surface area is 128 Å². The van der Waals surface area contributed by atoms with Gasteiger partial charge in [-0.25, -0.2) is 0 Å². The summed E-state index contributed by atoms with van der Waals surface area (Å²) in [5.74, 6) is 0. The fraction of sp³-hybridized carbons (Fsp3) is 0. The maximum absolute atomic E-state index is 11.9. The number of hydrogen-bond acceptors (Lipinski definition) is 2. The Bertz CT molecular complexity index is 769. The van der Waals surface area contributed by atoms with Crippen molar-refractivity contribution in [2.24, 2.45) is 0 Å². The lowest BCUT2D eigenvalue weighted by Crippen LogP contribution is -2.34. The molecule has 0 amide bonds. The van der Waals surface area contributed by atoms with Gasteiger partial charge in [-0.1, -0.05) is 51.8 Å². The zero-order valence-corrected chi connectivity index (χ0v) is 12.5. The summed E-state index contributed by atoms with van der Waals surface area (Å²) in [5.41, 5.74) is 1.54. The van der Waals surface area contributed by atoms with Crippen LogP contribution in [0.4, 0.5) is 0 Å². The zero-order valence-electron chi connectivity index (χ0n) is 10.2. The second kappa shape index (κ2) is 5.00. The minimum Gasteiger partial charge on any atom is -0.285 e. The average molecular weight is 348 g/mol. The monoisotopic (exact) mass is 346 g/mol. The van der Waals surface area contributed by atoms with Crippen molar-refractivity contribution in [1.82, 2.24) is 0 Å². The maximum Gasteiger partial charge on any atom is 0.234 e. The molecule has 3 rings (SSSR count). The Kier molecular flexibility index (Phi) is 3.32. The van der Waals surface area contributed by atoms with Gasteiger partial charge in [-0.15, -0.1) is 0 Å². The smallest absolute Gasteiger partial charge is 0.234 e. The zero-order chi connectivity index (χ0) is 14.3. The Morgan fingerprint density at radius 3 is 1.55 bits per heavy atom. The van der Waals surface area contributed by atoms with E-state index in [1.54, 1.807) is 24.3 Å². The summed E-state index contributed by atoms with van der Waals surface area (Å²) in [6.07, 6.45) is 0. The molecule has 2 nitrogen and oxygen atoms in total. The molecular formula is C16H8BrClO2. The van der Waals surface area contributed by atoms with Gasteiger partial charge in [0.25, 0.3) is 0 Å². The van der Waals surface area contributed by atoms with Crippen LogP contribution in [0.1, 0.15) is 0 Å². The predicted octanol–water partition coefficient (Wildman–Crippen LogP) is 4.03. The number of benzene rings is 2. The van der Waals surface area contributed by atoms with Gasteiger partial charge >= 0.3 is 0 Å². The topological polar surface area (TPSA) is 34.1 Å². The summed E-state index contributed by atoms with van der Waals surface area (Å²) in [5, 5.41) is 0.595. The highest BCUT2D eigenvalue weighted by Gasteiger charge is 2.23. The summed E-state index contributed by atoms with van der Waals surface area (Å²) in [4.78, 5) is 23.7. The van der Waals surface area contributed by atoms with Crippen LogP contribution in [0.15, 0.2) is 62.6 Å². The summed E-state index contributed by atoms with van der Waals surface area (Å²) in [6.45, 7) is 0. The molecular weight excluding hydrogens is 340 g/mol. The fourth-order valence-corrected chi connectivity index (χ4v) is 2.57. The lowest BCUT2D eigenvalue weighted by atomic mass is 9.89. The number of hydrogen-bond donors (Lipinski definition) is 0. The molecule has 0 bridgehead atoms. The first-order valence-electron chi connectivity index (χ1n) is 5.93. The van der Waals surface area contributed by atoms with Gasteiger partial charge in [0.05, 0.1) is 0 Å². The van der Waals surface area contributed by atoms with E-state index in [2.05, 4.69) is 15.9 Å². The van der Waals surface area contributed by atoms with Crippen molar-refractivity contribution in [2.75, 3.05) is 0 Å². The third kappa shape index (κ3) is 2.13. The van der Waals surface area contributed by atoms with E-state index in [4.69, 9.17) is 11.6 Å². The fourth-order valence-electron chi connectivity index (χ4n) is 2.18. The van der Waals surface area contributed by atoms with Gasteiger partial charge in [0.15, 0.2) is 0 Å².